The van der Waals surface area contributed by atoms with Gasteiger partial charge in [0.1, 0.15) is 11.5 Å². The van der Waals surface area contributed by atoms with E-state index in [0.717, 1.165) is 64.9 Å². The van der Waals surface area contributed by atoms with Gasteiger partial charge in [-0.05, 0) is 31.4 Å². The summed E-state index contributed by atoms with van der Waals surface area (Å²) in [6.45, 7) is 0.737. The van der Waals surface area contributed by atoms with Crippen molar-refractivity contribution in [3.8, 4) is 5.75 Å². The molecule has 5 heterocycles. The number of aromatic nitrogens is 3. The Bertz CT molecular complexity index is 1710. The van der Waals surface area contributed by atoms with Crippen LogP contribution in [-0.4, -0.2) is 40.6 Å². The molecular weight excluding hydrogens is 424 g/mol. The molecule has 2 aromatic carbocycles. The van der Waals surface area contributed by atoms with Crippen LogP contribution in [0, 0.1) is 0 Å². The quantitative estimate of drug-likeness (QED) is 0.430. The van der Waals surface area contributed by atoms with Crippen LogP contribution in [0.3, 0.4) is 0 Å². The molecular formula is C28H26N4O2. The summed E-state index contributed by atoms with van der Waals surface area (Å²) in [4.78, 5) is 14.8. The molecule has 0 amide bonds. The van der Waals surface area contributed by atoms with E-state index in [9.17, 15) is 0 Å². The van der Waals surface area contributed by atoms with Gasteiger partial charge in [-0.1, -0.05) is 36.4 Å². The van der Waals surface area contributed by atoms with Crippen molar-refractivity contribution in [3.63, 3.8) is 0 Å². The number of rotatable bonds is 3. The molecule has 1 atom stereocenters. The highest BCUT2D eigenvalue weighted by Gasteiger charge is 2.34. The van der Waals surface area contributed by atoms with Gasteiger partial charge in [0.05, 0.1) is 54.9 Å². The van der Waals surface area contributed by atoms with Gasteiger partial charge < -0.3 is 24.3 Å². The first-order valence-corrected chi connectivity index (χ1v) is 11.9. The second kappa shape index (κ2) is 7.29. The average Bonchev–Trinajstić information content (AvgIpc) is 3.47. The summed E-state index contributed by atoms with van der Waals surface area (Å²) in [5, 5.41) is 5.90. The van der Waals surface area contributed by atoms with Gasteiger partial charge >= 0.3 is 0 Å². The van der Waals surface area contributed by atoms with Crippen molar-refractivity contribution in [2.45, 2.75) is 25.3 Å². The Morgan fingerprint density at radius 3 is 2.50 bits per heavy atom. The Kier molecular flexibility index (Phi) is 4.19. The fraction of sp³-hybridized carbons (Fsp3) is 0.250. The molecule has 2 N–H and O–H groups in total. The highest BCUT2D eigenvalue weighted by molar-refractivity contribution is 6.11. The van der Waals surface area contributed by atoms with Gasteiger partial charge in [-0.25, -0.2) is 0 Å². The standard InChI is InChI=1S/C28H26N4O2/c1-33-22-14-29-27(28-24(22)16-8-3-6-11-19(16)31-28)21-13-7-12-20-26-25(23(34-2)15-32(20)21)17-9-4-5-10-18(17)30-26/h3-6,8-11,14,21,30-31H,7,12-13,15H2,1-2H3/t21-/m0/s1. The van der Waals surface area contributed by atoms with E-state index in [4.69, 9.17) is 14.5 Å². The predicted octanol–water partition coefficient (Wildman–Crippen LogP) is 4.31. The van der Waals surface area contributed by atoms with Crippen LogP contribution in [0.15, 0.2) is 54.7 Å². The van der Waals surface area contributed by atoms with Crippen LogP contribution in [0.4, 0.5) is 0 Å². The number of para-hydroxylation sites is 2. The molecule has 5 aromatic rings. The Balaban J connectivity index is 1.48. The minimum atomic E-state index is 0.148. The van der Waals surface area contributed by atoms with E-state index in [0.29, 0.717) is 0 Å². The number of hydrogen-bond donors (Lipinski definition) is 2. The van der Waals surface area contributed by atoms with Crippen LogP contribution in [0.25, 0.3) is 44.2 Å². The Hall–Kier alpha value is -3.93. The molecule has 34 heavy (non-hydrogen) atoms. The normalized spacial score (nSPS) is 17.9. The zero-order valence-electron chi connectivity index (χ0n) is 19.3. The Labute approximate surface area is 196 Å². The Morgan fingerprint density at radius 1 is 0.941 bits per heavy atom. The van der Waals surface area contributed by atoms with Crippen LogP contribution in [0.2, 0.25) is 0 Å². The third-order valence-electron chi connectivity index (χ3n) is 7.51. The van der Waals surface area contributed by atoms with Crippen molar-refractivity contribution in [1.82, 2.24) is 19.9 Å². The van der Waals surface area contributed by atoms with Crippen LogP contribution < -0.4 is 15.3 Å². The summed E-state index contributed by atoms with van der Waals surface area (Å²) in [5.74, 6) is 1.81. The molecule has 1 saturated heterocycles. The number of nitrogens with one attached hydrogen (secondary N) is 2. The first-order valence-electron chi connectivity index (χ1n) is 11.9. The first kappa shape index (κ1) is 19.5. The molecule has 1 fully saturated rings. The first-order chi connectivity index (χ1) is 16.8. The molecule has 0 saturated carbocycles. The third-order valence-corrected chi connectivity index (χ3v) is 7.51. The lowest BCUT2D eigenvalue weighted by Gasteiger charge is -2.40. The molecule has 3 aromatic heterocycles. The maximum atomic E-state index is 5.98. The van der Waals surface area contributed by atoms with Crippen molar-refractivity contribution in [2.75, 3.05) is 20.8 Å². The summed E-state index contributed by atoms with van der Waals surface area (Å²) in [6, 6.07) is 17.0. The zero-order chi connectivity index (χ0) is 22.8. The number of hydrogen-bond acceptors (Lipinski definition) is 4. The maximum absolute atomic E-state index is 5.98. The van der Waals surface area contributed by atoms with E-state index in [1.807, 2.05) is 6.20 Å². The van der Waals surface area contributed by atoms with Crippen molar-refractivity contribution < 1.29 is 9.47 Å². The molecule has 0 radical (unpaired) electrons. The van der Waals surface area contributed by atoms with Gasteiger partial charge in [0, 0.05) is 32.7 Å². The van der Waals surface area contributed by atoms with E-state index in [1.165, 1.54) is 27.0 Å². The zero-order valence-corrected chi connectivity index (χ0v) is 19.3. The Morgan fingerprint density at radius 2 is 1.71 bits per heavy atom. The topological polar surface area (TPSA) is 66.2 Å². The number of benzene rings is 2. The van der Waals surface area contributed by atoms with Crippen molar-refractivity contribution >= 4 is 44.2 Å². The second-order valence-corrected chi connectivity index (χ2v) is 9.16. The molecule has 0 spiro atoms. The molecule has 170 valence electrons. The van der Waals surface area contributed by atoms with Crippen LogP contribution in [-0.2, 0) is 4.74 Å². The van der Waals surface area contributed by atoms with E-state index in [1.54, 1.807) is 14.2 Å². The number of pyridine rings is 1. The number of aromatic amines is 2. The summed E-state index contributed by atoms with van der Waals surface area (Å²) in [5.41, 5.74) is 5.74. The number of H-pyrrole nitrogens is 2. The number of methoxy groups -OCH3 is 2. The predicted molar refractivity (Wildman–Crippen MR) is 135 cm³/mol. The summed E-state index contributed by atoms with van der Waals surface area (Å²) < 4.78 is 11.7. The van der Waals surface area contributed by atoms with Crippen molar-refractivity contribution in [3.05, 3.63) is 71.0 Å². The highest BCUT2D eigenvalue weighted by atomic mass is 16.5. The van der Waals surface area contributed by atoms with Gasteiger partial charge in [-0.15, -0.1) is 0 Å². The fourth-order valence-electron chi connectivity index (χ4n) is 6.01. The SMILES string of the molecule is COC1=c2c([nH]c3ccccc23)=C2CCC[C@@H](c3ncc(OC)c4c3[nH]c3ccccc34)N2C1. The molecule has 2 aliphatic rings. The fourth-order valence-corrected chi connectivity index (χ4v) is 6.01. The lowest BCUT2D eigenvalue weighted by atomic mass is 9.93. The molecule has 0 bridgehead atoms. The highest BCUT2D eigenvalue weighted by Crippen LogP contribution is 2.42. The monoisotopic (exact) mass is 450 g/mol. The van der Waals surface area contributed by atoms with Crippen LogP contribution >= 0.6 is 0 Å². The number of nitrogens with zero attached hydrogens (tertiary/aromatic N) is 2. The molecule has 6 heteroatoms. The summed E-state index contributed by atoms with van der Waals surface area (Å²) in [7, 11) is 3.50. The average molecular weight is 451 g/mol. The third kappa shape index (κ3) is 2.59. The molecule has 6 nitrogen and oxygen atoms in total. The maximum Gasteiger partial charge on any atom is 0.147 e. The summed E-state index contributed by atoms with van der Waals surface area (Å²) >= 11 is 0. The lowest BCUT2D eigenvalue weighted by molar-refractivity contribution is 0.230. The van der Waals surface area contributed by atoms with E-state index in [2.05, 4.69) is 63.4 Å². The minimum absolute atomic E-state index is 0.148. The largest absolute Gasteiger partial charge is 0.498 e. The summed E-state index contributed by atoms with van der Waals surface area (Å²) in [6.07, 6.45) is 5.08. The number of fused-ring (bicyclic) bond motifs is 7. The smallest absolute Gasteiger partial charge is 0.147 e. The molecule has 7 rings (SSSR count). The number of piperidine rings is 1. The second-order valence-electron chi connectivity index (χ2n) is 9.16. The lowest BCUT2D eigenvalue weighted by Crippen LogP contribution is -2.46. The van der Waals surface area contributed by atoms with Crippen molar-refractivity contribution in [2.24, 2.45) is 0 Å². The molecule has 2 aliphatic heterocycles. The minimum Gasteiger partial charge on any atom is -0.498 e. The van der Waals surface area contributed by atoms with Gasteiger partial charge in [0.15, 0.2) is 0 Å². The van der Waals surface area contributed by atoms with Gasteiger partial charge in [-0.2, -0.15) is 0 Å². The molecule has 0 aliphatic carbocycles. The van der Waals surface area contributed by atoms with Crippen LogP contribution in [0.1, 0.15) is 31.0 Å². The van der Waals surface area contributed by atoms with Crippen molar-refractivity contribution in [1.29, 1.82) is 0 Å². The van der Waals surface area contributed by atoms with E-state index >= 15 is 0 Å². The van der Waals surface area contributed by atoms with Crippen LogP contribution in [0.5, 0.6) is 5.75 Å². The van der Waals surface area contributed by atoms with Gasteiger partial charge in [0.2, 0.25) is 0 Å². The van der Waals surface area contributed by atoms with E-state index in [-0.39, 0.29) is 6.04 Å². The van der Waals surface area contributed by atoms with Gasteiger partial charge in [-0.3, -0.25) is 4.98 Å². The van der Waals surface area contributed by atoms with Gasteiger partial charge in [0.25, 0.3) is 0 Å². The molecule has 0 unspecified atom stereocenters. The number of ether oxygens (including phenoxy) is 2. The van der Waals surface area contributed by atoms with E-state index < -0.39 is 0 Å².